The van der Waals surface area contributed by atoms with Gasteiger partial charge in [-0.2, -0.15) is 0 Å². The molecule has 7 heteroatoms. The number of nitrogens with one attached hydrogen (secondary N) is 1. The molecule has 0 amide bonds. The van der Waals surface area contributed by atoms with Crippen molar-refractivity contribution in [3.63, 3.8) is 0 Å². The van der Waals surface area contributed by atoms with Crippen LogP contribution < -0.4 is 4.72 Å². The molecular formula is C15H25N3O2S2. The Balaban J connectivity index is 1.59. The van der Waals surface area contributed by atoms with Crippen molar-refractivity contribution in [3.05, 3.63) is 16.1 Å². The summed E-state index contributed by atoms with van der Waals surface area (Å²) in [7, 11) is -3.19. The van der Waals surface area contributed by atoms with Crippen molar-refractivity contribution < 1.29 is 8.42 Å². The molecule has 1 atom stereocenters. The van der Waals surface area contributed by atoms with Crippen LogP contribution >= 0.6 is 11.3 Å². The molecule has 5 nitrogen and oxygen atoms in total. The zero-order chi connectivity index (χ0) is 15.6. The van der Waals surface area contributed by atoms with Crippen molar-refractivity contribution in [2.45, 2.75) is 63.3 Å². The zero-order valence-electron chi connectivity index (χ0n) is 13.1. The first kappa shape index (κ1) is 16.4. The molecule has 2 aliphatic rings. The second-order valence-electron chi connectivity index (χ2n) is 6.49. The van der Waals surface area contributed by atoms with Gasteiger partial charge in [-0.25, -0.2) is 18.1 Å². The lowest BCUT2D eigenvalue weighted by atomic mass is 10.1. The molecule has 1 N–H and O–H groups in total. The predicted molar refractivity (Wildman–Crippen MR) is 89.5 cm³/mol. The fourth-order valence-electron chi connectivity index (χ4n) is 3.48. The lowest BCUT2D eigenvalue weighted by Gasteiger charge is -2.32. The first-order valence-corrected chi connectivity index (χ1v) is 10.5. The molecule has 0 unspecified atom stereocenters. The van der Waals surface area contributed by atoms with E-state index in [1.165, 1.54) is 4.88 Å². The lowest BCUT2D eigenvalue weighted by Crippen LogP contribution is -2.48. The summed E-state index contributed by atoms with van der Waals surface area (Å²) in [6.07, 6.45) is 7.93. The Morgan fingerprint density at radius 1 is 1.32 bits per heavy atom. The van der Waals surface area contributed by atoms with Crippen LogP contribution in [-0.4, -0.2) is 42.7 Å². The van der Waals surface area contributed by atoms with E-state index in [0.717, 1.165) is 56.6 Å². The molecule has 0 aromatic carbocycles. The maximum atomic E-state index is 12.6. The fraction of sp³-hybridized carbons (Fsp3) is 0.800. The van der Waals surface area contributed by atoms with Crippen molar-refractivity contribution in [3.8, 4) is 0 Å². The molecule has 22 heavy (non-hydrogen) atoms. The van der Waals surface area contributed by atoms with Gasteiger partial charge in [-0.05, 0) is 39.2 Å². The summed E-state index contributed by atoms with van der Waals surface area (Å²) in [4.78, 5) is 7.76. The molecule has 0 spiro atoms. The highest BCUT2D eigenvalue weighted by atomic mass is 32.2. The molecule has 1 aromatic heterocycles. The average Bonchev–Trinajstić information content (AvgIpc) is 3.11. The van der Waals surface area contributed by atoms with Gasteiger partial charge in [-0.15, -0.1) is 11.3 Å². The highest BCUT2D eigenvalue weighted by Gasteiger charge is 2.33. The number of likely N-dealkylation sites (tertiary alicyclic amines) is 1. The molecule has 0 bridgehead atoms. The predicted octanol–water partition coefficient (Wildman–Crippen LogP) is 2.28. The van der Waals surface area contributed by atoms with Crippen LogP contribution in [0, 0.1) is 6.92 Å². The second kappa shape index (κ2) is 6.95. The molecule has 124 valence electrons. The van der Waals surface area contributed by atoms with Gasteiger partial charge in [0.25, 0.3) is 0 Å². The summed E-state index contributed by atoms with van der Waals surface area (Å²) >= 11 is 1.70. The van der Waals surface area contributed by atoms with Crippen molar-refractivity contribution in [1.82, 2.24) is 14.6 Å². The minimum absolute atomic E-state index is 0.171. The molecule has 1 saturated heterocycles. The highest BCUT2D eigenvalue weighted by Crippen LogP contribution is 2.23. The average molecular weight is 344 g/mol. The van der Waals surface area contributed by atoms with Gasteiger partial charge in [0.05, 0.1) is 10.3 Å². The van der Waals surface area contributed by atoms with Gasteiger partial charge in [-0.3, -0.25) is 4.90 Å². The number of hydrogen-bond acceptors (Lipinski definition) is 5. The topological polar surface area (TPSA) is 62.3 Å². The quantitative estimate of drug-likeness (QED) is 0.891. The number of sulfonamides is 1. The van der Waals surface area contributed by atoms with Gasteiger partial charge in [-0.1, -0.05) is 12.8 Å². The standard InChI is InChI=1S/C15H25N3O2S2/c1-12-16-9-14(21-12)10-18-8-4-7-15(11-18)22(19,20)17-13-5-2-3-6-13/h9,13,15,17H,2-8,10-11H2,1H3/t15-/m1/s1. The lowest BCUT2D eigenvalue weighted by molar-refractivity contribution is 0.223. The van der Waals surface area contributed by atoms with Gasteiger partial charge < -0.3 is 0 Å². The highest BCUT2D eigenvalue weighted by molar-refractivity contribution is 7.90. The summed E-state index contributed by atoms with van der Waals surface area (Å²) in [5, 5.41) is 0.801. The zero-order valence-corrected chi connectivity index (χ0v) is 14.8. The van der Waals surface area contributed by atoms with Crippen molar-refractivity contribution in [2.75, 3.05) is 13.1 Å². The van der Waals surface area contributed by atoms with Gasteiger partial charge in [0.1, 0.15) is 0 Å². The van der Waals surface area contributed by atoms with Crippen LogP contribution in [0.1, 0.15) is 48.4 Å². The Bertz CT molecular complexity index is 594. The molecular weight excluding hydrogens is 318 g/mol. The van der Waals surface area contributed by atoms with E-state index in [2.05, 4.69) is 14.6 Å². The molecule has 1 aliphatic carbocycles. The van der Waals surface area contributed by atoms with E-state index in [1.54, 1.807) is 11.3 Å². The monoisotopic (exact) mass is 343 g/mol. The first-order valence-electron chi connectivity index (χ1n) is 8.18. The van der Waals surface area contributed by atoms with Crippen molar-refractivity contribution in [1.29, 1.82) is 0 Å². The maximum Gasteiger partial charge on any atom is 0.215 e. The molecule has 3 rings (SSSR count). The minimum atomic E-state index is -3.19. The van der Waals surface area contributed by atoms with E-state index in [1.807, 2.05) is 13.1 Å². The third kappa shape index (κ3) is 4.07. The van der Waals surface area contributed by atoms with Gasteiger partial charge in [0.2, 0.25) is 10.0 Å². The summed E-state index contributed by atoms with van der Waals surface area (Å²) in [5.41, 5.74) is 0. The van der Waals surface area contributed by atoms with Gasteiger partial charge >= 0.3 is 0 Å². The Morgan fingerprint density at radius 2 is 2.09 bits per heavy atom. The van der Waals surface area contributed by atoms with E-state index < -0.39 is 10.0 Å². The fourth-order valence-corrected chi connectivity index (χ4v) is 6.10. The number of hydrogen-bond donors (Lipinski definition) is 1. The Labute approximate surface area is 137 Å². The molecule has 1 aliphatic heterocycles. The van der Waals surface area contributed by atoms with Gasteiger partial charge in [0, 0.05) is 30.2 Å². The summed E-state index contributed by atoms with van der Waals surface area (Å²) in [6, 6.07) is 0.171. The van der Waals surface area contributed by atoms with Crippen LogP contribution in [0.25, 0.3) is 0 Å². The first-order chi connectivity index (χ1) is 10.5. The van der Waals surface area contributed by atoms with Crippen LogP contribution in [-0.2, 0) is 16.6 Å². The molecule has 2 fully saturated rings. The van der Waals surface area contributed by atoms with E-state index in [4.69, 9.17) is 0 Å². The molecule has 2 heterocycles. The SMILES string of the molecule is Cc1ncc(CN2CCC[C@@H](S(=O)(=O)NC3CCCC3)C2)s1. The van der Waals surface area contributed by atoms with E-state index in [0.29, 0.717) is 6.54 Å². The summed E-state index contributed by atoms with van der Waals surface area (Å²) in [6.45, 7) is 4.44. The number of nitrogens with zero attached hydrogens (tertiary/aromatic N) is 2. The van der Waals surface area contributed by atoms with Crippen LogP contribution in [0.15, 0.2) is 6.20 Å². The number of thiazole rings is 1. The van der Waals surface area contributed by atoms with E-state index in [9.17, 15) is 8.42 Å². The van der Waals surface area contributed by atoms with Gasteiger partial charge in [0.15, 0.2) is 0 Å². The third-order valence-electron chi connectivity index (χ3n) is 4.64. The van der Waals surface area contributed by atoms with Crippen LogP contribution in [0.3, 0.4) is 0 Å². The Kier molecular flexibility index (Phi) is 5.17. The Morgan fingerprint density at radius 3 is 2.77 bits per heavy atom. The normalized spacial score (nSPS) is 24.9. The number of piperidine rings is 1. The summed E-state index contributed by atoms with van der Waals surface area (Å²) < 4.78 is 28.1. The Hall–Kier alpha value is -0.500. The molecule has 0 radical (unpaired) electrons. The number of aryl methyl sites for hydroxylation is 1. The van der Waals surface area contributed by atoms with Crippen LogP contribution in [0.2, 0.25) is 0 Å². The minimum Gasteiger partial charge on any atom is -0.297 e. The number of aromatic nitrogens is 1. The maximum absolute atomic E-state index is 12.6. The molecule has 1 aromatic rings. The number of rotatable bonds is 5. The van der Waals surface area contributed by atoms with Crippen LogP contribution in [0.5, 0.6) is 0 Å². The van der Waals surface area contributed by atoms with E-state index in [-0.39, 0.29) is 11.3 Å². The third-order valence-corrected chi connectivity index (χ3v) is 7.46. The second-order valence-corrected chi connectivity index (χ2v) is 9.80. The molecule has 1 saturated carbocycles. The van der Waals surface area contributed by atoms with Crippen molar-refractivity contribution in [2.24, 2.45) is 0 Å². The van der Waals surface area contributed by atoms with Crippen LogP contribution in [0.4, 0.5) is 0 Å². The largest absolute Gasteiger partial charge is 0.297 e. The van der Waals surface area contributed by atoms with Crippen molar-refractivity contribution >= 4 is 21.4 Å². The smallest absolute Gasteiger partial charge is 0.215 e. The summed E-state index contributed by atoms with van der Waals surface area (Å²) in [5.74, 6) is 0. The van der Waals surface area contributed by atoms with E-state index >= 15 is 0 Å².